The number of hydrogen-bond donors (Lipinski definition) is 1. The van der Waals surface area contributed by atoms with Crippen molar-refractivity contribution in [2.75, 3.05) is 13.6 Å². The molecule has 0 spiro atoms. The van der Waals surface area contributed by atoms with Gasteiger partial charge in [-0.05, 0) is 36.5 Å². The first-order valence-corrected chi connectivity index (χ1v) is 9.22. The van der Waals surface area contributed by atoms with Crippen LogP contribution in [0.25, 0.3) is 0 Å². The Hall–Kier alpha value is -0.620. The number of nitrogens with two attached hydrogens (primary N) is 1. The van der Waals surface area contributed by atoms with Gasteiger partial charge in [0.15, 0.2) is 0 Å². The van der Waals surface area contributed by atoms with Crippen molar-refractivity contribution in [3.63, 3.8) is 0 Å². The fraction of sp³-hybridized carbons (Fsp3) is 0.600. The standard InChI is InChI=1S/C15H23ClN2O2S/c1-18(11-12-5-3-2-4-6-12)21(19,20)15-8-7-13(10-17)9-14(15)16/h7-9,12H,2-6,10-11,17H2,1H3. The molecule has 0 aromatic heterocycles. The van der Waals surface area contributed by atoms with Gasteiger partial charge in [-0.2, -0.15) is 0 Å². The summed E-state index contributed by atoms with van der Waals surface area (Å²) in [5.41, 5.74) is 6.37. The second-order valence-electron chi connectivity index (χ2n) is 5.76. The Morgan fingerprint density at radius 2 is 1.95 bits per heavy atom. The quantitative estimate of drug-likeness (QED) is 0.902. The van der Waals surface area contributed by atoms with Gasteiger partial charge >= 0.3 is 0 Å². The maximum atomic E-state index is 12.6. The van der Waals surface area contributed by atoms with E-state index in [1.54, 1.807) is 25.2 Å². The molecule has 1 saturated carbocycles. The summed E-state index contributed by atoms with van der Waals surface area (Å²) in [5, 5.41) is 0.244. The number of halogens is 1. The lowest BCUT2D eigenvalue weighted by Crippen LogP contribution is -2.32. The summed E-state index contributed by atoms with van der Waals surface area (Å²) >= 11 is 6.12. The van der Waals surface area contributed by atoms with E-state index in [0.717, 1.165) is 18.4 Å². The molecule has 2 rings (SSSR count). The van der Waals surface area contributed by atoms with Crippen molar-refractivity contribution in [1.29, 1.82) is 0 Å². The molecule has 4 nitrogen and oxygen atoms in total. The van der Waals surface area contributed by atoms with Crippen molar-refractivity contribution in [3.8, 4) is 0 Å². The molecule has 0 atom stereocenters. The largest absolute Gasteiger partial charge is 0.326 e. The molecular formula is C15H23ClN2O2S. The minimum Gasteiger partial charge on any atom is -0.326 e. The average molecular weight is 331 g/mol. The highest BCUT2D eigenvalue weighted by atomic mass is 35.5. The highest BCUT2D eigenvalue weighted by Gasteiger charge is 2.26. The van der Waals surface area contributed by atoms with Crippen molar-refractivity contribution in [2.45, 2.75) is 43.5 Å². The van der Waals surface area contributed by atoms with E-state index in [2.05, 4.69) is 0 Å². The zero-order valence-electron chi connectivity index (χ0n) is 12.4. The molecule has 0 radical (unpaired) electrons. The van der Waals surface area contributed by atoms with Gasteiger partial charge in [0.2, 0.25) is 10.0 Å². The van der Waals surface area contributed by atoms with E-state index in [0.29, 0.717) is 19.0 Å². The van der Waals surface area contributed by atoms with Gasteiger partial charge in [0.1, 0.15) is 4.90 Å². The van der Waals surface area contributed by atoms with E-state index in [-0.39, 0.29) is 9.92 Å². The fourth-order valence-corrected chi connectivity index (χ4v) is 4.66. The molecule has 0 bridgehead atoms. The molecule has 1 aromatic carbocycles. The summed E-state index contributed by atoms with van der Waals surface area (Å²) in [6, 6.07) is 4.90. The van der Waals surface area contributed by atoms with Crippen LogP contribution in [0.1, 0.15) is 37.7 Å². The van der Waals surface area contributed by atoms with Gasteiger partial charge in [0.25, 0.3) is 0 Å². The zero-order chi connectivity index (χ0) is 15.5. The molecule has 6 heteroatoms. The smallest absolute Gasteiger partial charge is 0.244 e. The van der Waals surface area contributed by atoms with Gasteiger partial charge in [-0.3, -0.25) is 0 Å². The Morgan fingerprint density at radius 3 is 2.52 bits per heavy atom. The van der Waals surface area contributed by atoms with Crippen LogP contribution in [-0.4, -0.2) is 26.3 Å². The molecule has 1 aliphatic carbocycles. The maximum absolute atomic E-state index is 12.6. The van der Waals surface area contributed by atoms with E-state index < -0.39 is 10.0 Å². The van der Waals surface area contributed by atoms with Crippen LogP contribution in [0.5, 0.6) is 0 Å². The molecule has 0 aliphatic heterocycles. The molecule has 0 unspecified atom stereocenters. The molecular weight excluding hydrogens is 308 g/mol. The first-order chi connectivity index (χ1) is 9.95. The van der Waals surface area contributed by atoms with Gasteiger partial charge in [0, 0.05) is 20.1 Å². The molecule has 2 N–H and O–H groups in total. The van der Waals surface area contributed by atoms with Gasteiger partial charge in [0.05, 0.1) is 5.02 Å². The SMILES string of the molecule is CN(CC1CCCCC1)S(=O)(=O)c1ccc(CN)cc1Cl. The highest BCUT2D eigenvalue weighted by molar-refractivity contribution is 7.89. The molecule has 1 fully saturated rings. The summed E-state index contributed by atoms with van der Waals surface area (Å²) in [5.74, 6) is 0.459. The van der Waals surface area contributed by atoms with Gasteiger partial charge in [-0.1, -0.05) is 36.9 Å². The van der Waals surface area contributed by atoms with Crippen molar-refractivity contribution >= 4 is 21.6 Å². The topological polar surface area (TPSA) is 63.4 Å². The second kappa shape index (κ2) is 7.09. The van der Waals surface area contributed by atoms with E-state index >= 15 is 0 Å². The summed E-state index contributed by atoms with van der Waals surface area (Å²) < 4.78 is 26.7. The summed E-state index contributed by atoms with van der Waals surface area (Å²) in [6.45, 7) is 0.912. The highest BCUT2D eigenvalue weighted by Crippen LogP contribution is 2.28. The van der Waals surface area contributed by atoms with Crippen molar-refractivity contribution in [1.82, 2.24) is 4.31 Å². The number of hydrogen-bond acceptors (Lipinski definition) is 3. The predicted octanol–water partition coefficient (Wildman–Crippen LogP) is 3.00. The van der Waals surface area contributed by atoms with E-state index in [9.17, 15) is 8.42 Å². The molecule has 0 heterocycles. The fourth-order valence-electron chi connectivity index (χ4n) is 2.88. The molecule has 118 valence electrons. The lowest BCUT2D eigenvalue weighted by atomic mass is 9.89. The van der Waals surface area contributed by atoms with Crippen LogP contribution in [0.15, 0.2) is 23.1 Å². The normalized spacial score (nSPS) is 17.3. The van der Waals surface area contributed by atoms with Crippen molar-refractivity contribution in [3.05, 3.63) is 28.8 Å². The van der Waals surface area contributed by atoms with E-state index in [4.69, 9.17) is 17.3 Å². The minimum atomic E-state index is -3.53. The van der Waals surface area contributed by atoms with Crippen LogP contribution < -0.4 is 5.73 Å². The number of benzene rings is 1. The van der Waals surface area contributed by atoms with Crippen LogP contribution >= 0.6 is 11.6 Å². The lowest BCUT2D eigenvalue weighted by molar-refractivity contribution is 0.300. The second-order valence-corrected chi connectivity index (χ2v) is 8.18. The molecule has 1 aliphatic rings. The average Bonchev–Trinajstić information content (AvgIpc) is 2.47. The minimum absolute atomic E-state index is 0.166. The molecule has 21 heavy (non-hydrogen) atoms. The Balaban J connectivity index is 2.16. The summed E-state index contributed by atoms with van der Waals surface area (Å²) in [4.78, 5) is 0.166. The lowest BCUT2D eigenvalue weighted by Gasteiger charge is -2.26. The summed E-state index contributed by atoms with van der Waals surface area (Å²) in [7, 11) is -1.90. The third-order valence-electron chi connectivity index (χ3n) is 4.16. The molecule has 0 saturated heterocycles. The van der Waals surface area contributed by atoms with Crippen molar-refractivity contribution in [2.24, 2.45) is 11.7 Å². The Bertz CT molecular complexity index is 583. The number of nitrogens with zero attached hydrogens (tertiary/aromatic N) is 1. The third-order valence-corrected chi connectivity index (χ3v) is 6.47. The third kappa shape index (κ3) is 3.97. The summed E-state index contributed by atoms with van der Waals surface area (Å²) in [6.07, 6.45) is 5.88. The van der Waals surface area contributed by atoms with Gasteiger partial charge in [-0.15, -0.1) is 0 Å². The maximum Gasteiger partial charge on any atom is 0.244 e. The Labute approximate surface area is 132 Å². The monoisotopic (exact) mass is 330 g/mol. The number of rotatable bonds is 5. The van der Waals surface area contributed by atoms with Crippen LogP contribution in [0, 0.1) is 5.92 Å². The number of sulfonamides is 1. The Morgan fingerprint density at radius 1 is 1.29 bits per heavy atom. The zero-order valence-corrected chi connectivity index (χ0v) is 14.0. The predicted molar refractivity (Wildman–Crippen MR) is 85.7 cm³/mol. The molecule has 0 amide bonds. The van der Waals surface area contributed by atoms with Crippen LogP contribution in [0.2, 0.25) is 5.02 Å². The van der Waals surface area contributed by atoms with Crippen LogP contribution in [-0.2, 0) is 16.6 Å². The first kappa shape index (κ1) is 16.7. The van der Waals surface area contributed by atoms with E-state index in [1.165, 1.54) is 23.6 Å². The van der Waals surface area contributed by atoms with Crippen molar-refractivity contribution < 1.29 is 8.42 Å². The first-order valence-electron chi connectivity index (χ1n) is 7.40. The van der Waals surface area contributed by atoms with Crippen LogP contribution in [0.3, 0.4) is 0 Å². The Kier molecular flexibility index (Phi) is 5.66. The molecule has 1 aromatic rings. The van der Waals surface area contributed by atoms with E-state index in [1.807, 2.05) is 0 Å². The van der Waals surface area contributed by atoms with Gasteiger partial charge in [-0.25, -0.2) is 12.7 Å². The van der Waals surface area contributed by atoms with Crippen LogP contribution in [0.4, 0.5) is 0 Å². The van der Waals surface area contributed by atoms with Gasteiger partial charge < -0.3 is 5.73 Å².